The Morgan fingerprint density at radius 1 is 1.36 bits per heavy atom. The van der Waals surface area contributed by atoms with Crippen molar-refractivity contribution in [2.45, 2.75) is 17.4 Å². The molecule has 2 aromatic heterocycles. The zero-order valence-corrected chi connectivity index (χ0v) is 14.0. The molecule has 0 aliphatic carbocycles. The summed E-state index contributed by atoms with van der Waals surface area (Å²) in [6.45, 7) is 0.583. The highest BCUT2D eigenvalue weighted by Gasteiger charge is 2.36. The molecule has 0 spiro atoms. The number of sulfone groups is 1. The van der Waals surface area contributed by atoms with Crippen LogP contribution in [0.15, 0.2) is 44.0 Å². The lowest BCUT2D eigenvalue weighted by Crippen LogP contribution is -2.32. The second kappa shape index (κ2) is 5.92. The fourth-order valence-electron chi connectivity index (χ4n) is 2.50. The van der Waals surface area contributed by atoms with Crippen molar-refractivity contribution in [3.63, 3.8) is 0 Å². The Morgan fingerprint density at radius 3 is 2.82 bits per heavy atom. The van der Waals surface area contributed by atoms with Gasteiger partial charge in [-0.15, -0.1) is 0 Å². The second-order valence-electron chi connectivity index (χ2n) is 5.15. The van der Waals surface area contributed by atoms with Crippen LogP contribution in [0.25, 0.3) is 0 Å². The molecule has 8 heteroatoms. The first kappa shape index (κ1) is 15.4. The first-order chi connectivity index (χ1) is 10.5. The van der Waals surface area contributed by atoms with Crippen molar-refractivity contribution in [1.82, 2.24) is 4.90 Å². The van der Waals surface area contributed by atoms with Crippen LogP contribution in [0.5, 0.6) is 0 Å². The number of nitrogens with zero attached hydrogens (tertiary/aromatic N) is 1. The van der Waals surface area contributed by atoms with Crippen molar-refractivity contribution in [2.24, 2.45) is 0 Å². The lowest BCUT2D eigenvalue weighted by molar-refractivity contribution is 0.0760. The molecule has 1 saturated heterocycles. The molecule has 0 radical (unpaired) electrons. The van der Waals surface area contributed by atoms with Gasteiger partial charge in [-0.3, -0.25) is 4.79 Å². The molecule has 0 N–H and O–H groups in total. The molecule has 1 amide bonds. The van der Waals surface area contributed by atoms with Gasteiger partial charge in [0, 0.05) is 13.1 Å². The number of carbonyl (C=O) groups excluding carboxylic acids is 1. The predicted octanol–water partition coefficient (Wildman–Crippen LogP) is 2.46. The predicted molar refractivity (Wildman–Crippen MR) is 82.0 cm³/mol. The van der Waals surface area contributed by atoms with E-state index in [9.17, 15) is 13.2 Å². The van der Waals surface area contributed by atoms with Gasteiger partial charge in [-0.25, -0.2) is 8.42 Å². The van der Waals surface area contributed by atoms with E-state index in [4.69, 9.17) is 8.83 Å². The quantitative estimate of drug-likeness (QED) is 0.804. The SMILES string of the molecule is O=C(c1ccc(Br)o1)N1CC[C@@H](S(=O)(=O)Cc2ccco2)C1. The van der Waals surface area contributed by atoms with E-state index in [0.29, 0.717) is 23.4 Å². The Kier molecular flexibility index (Phi) is 4.14. The highest BCUT2D eigenvalue weighted by Crippen LogP contribution is 2.23. The lowest BCUT2D eigenvalue weighted by atomic mass is 10.4. The van der Waals surface area contributed by atoms with Gasteiger partial charge < -0.3 is 13.7 Å². The molecule has 1 aliphatic rings. The van der Waals surface area contributed by atoms with Crippen molar-refractivity contribution in [2.75, 3.05) is 13.1 Å². The minimum Gasteiger partial charge on any atom is -0.468 e. The first-order valence-electron chi connectivity index (χ1n) is 6.74. The summed E-state index contributed by atoms with van der Waals surface area (Å²) in [4.78, 5) is 13.8. The average Bonchev–Trinajstić information content (AvgIpc) is 3.17. The van der Waals surface area contributed by atoms with Crippen LogP contribution in [-0.2, 0) is 15.6 Å². The van der Waals surface area contributed by atoms with Gasteiger partial charge in [0.05, 0.1) is 11.5 Å². The van der Waals surface area contributed by atoms with Gasteiger partial charge >= 0.3 is 0 Å². The normalized spacial score (nSPS) is 18.8. The topological polar surface area (TPSA) is 80.7 Å². The van der Waals surface area contributed by atoms with Crippen molar-refractivity contribution in [1.29, 1.82) is 0 Å². The molecule has 3 heterocycles. The van der Waals surface area contributed by atoms with Gasteiger partial charge in [0.2, 0.25) is 0 Å². The van der Waals surface area contributed by atoms with Crippen LogP contribution in [0.1, 0.15) is 22.7 Å². The Bertz CT molecular complexity index is 765. The zero-order chi connectivity index (χ0) is 15.7. The molecule has 1 fully saturated rings. The van der Waals surface area contributed by atoms with Crippen LogP contribution in [0.4, 0.5) is 0 Å². The fourth-order valence-corrected chi connectivity index (χ4v) is 4.48. The Balaban J connectivity index is 1.68. The summed E-state index contributed by atoms with van der Waals surface area (Å²) in [5.41, 5.74) is 0. The fraction of sp³-hybridized carbons (Fsp3) is 0.357. The maximum Gasteiger partial charge on any atom is 0.289 e. The molecular formula is C14H14BrNO5S. The van der Waals surface area contributed by atoms with Crippen molar-refractivity contribution in [3.8, 4) is 0 Å². The van der Waals surface area contributed by atoms with E-state index >= 15 is 0 Å². The maximum absolute atomic E-state index is 12.4. The molecule has 0 unspecified atom stereocenters. The molecule has 0 aromatic carbocycles. The summed E-state index contributed by atoms with van der Waals surface area (Å²) in [6.07, 6.45) is 1.88. The zero-order valence-electron chi connectivity index (χ0n) is 11.6. The highest BCUT2D eigenvalue weighted by atomic mass is 79.9. The summed E-state index contributed by atoms with van der Waals surface area (Å²) in [7, 11) is -3.35. The Hall–Kier alpha value is -1.54. The number of rotatable bonds is 4. The summed E-state index contributed by atoms with van der Waals surface area (Å²) >= 11 is 3.14. The van der Waals surface area contributed by atoms with E-state index in [2.05, 4.69) is 15.9 Å². The highest BCUT2D eigenvalue weighted by molar-refractivity contribution is 9.10. The summed E-state index contributed by atoms with van der Waals surface area (Å²) < 4.78 is 35.5. The molecule has 1 atom stereocenters. The minimum absolute atomic E-state index is 0.140. The third-order valence-electron chi connectivity index (χ3n) is 3.65. The van der Waals surface area contributed by atoms with Crippen LogP contribution in [0.3, 0.4) is 0 Å². The van der Waals surface area contributed by atoms with Gasteiger partial charge in [-0.05, 0) is 46.6 Å². The molecular weight excluding hydrogens is 374 g/mol. The van der Waals surface area contributed by atoms with Gasteiger partial charge in [0.25, 0.3) is 5.91 Å². The smallest absolute Gasteiger partial charge is 0.289 e. The van der Waals surface area contributed by atoms with Crippen LogP contribution >= 0.6 is 15.9 Å². The lowest BCUT2D eigenvalue weighted by Gasteiger charge is -2.15. The van der Waals surface area contributed by atoms with Crippen molar-refractivity contribution < 1.29 is 22.0 Å². The van der Waals surface area contributed by atoms with Crippen LogP contribution in [0, 0.1) is 0 Å². The van der Waals surface area contributed by atoms with Gasteiger partial charge in [0.15, 0.2) is 20.3 Å². The number of halogens is 1. The van der Waals surface area contributed by atoms with E-state index in [1.807, 2.05) is 0 Å². The molecule has 2 aromatic rings. The van der Waals surface area contributed by atoms with Gasteiger partial charge in [0.1, 0.15) is 11.5 Å². The largest absolute Gasteiger partial charge is 0.468 e. The number of hydrogen-bond acceptors (Lipinski definition) is 5. The summed E-state index contributed by atoms with van der Waals surface area (Å²) in [6, 6.07) is 6.49. The summed E-state index contributed by atoms with van der Waals surface area (Å²) in [5.74, 6) is 0.191. The Labute approximate surface area is 136 Å². The van der Waals surface area contributed by atoms with E-state index in [1.54, 1.807) is 24.3 Å². The minimum atomic E-state index is -3.35. The van der Waals surface area contributed by atoms with Crippen LogP contribution in [-0.4, -0.2) is 37.6 Å². The maximum atomic E-state index is 12.4. The molecule has 0 bridgehead atoms. The molecule has 1 aliphatic heterocycles. The van der Waals surface area contributed by atoms with Gasteiger partial charge in [-0.2, -0.15) is 0 Å². The number of amides is 1. The molecule has 3 rings (SSSR count). The third kappa shape index (κ3) is 3.12. The standard InChI is InChI=1S/C14H14BrNO5S/c15-13-4-3-12(21-13)14(17)16-6-5-11(8-16)22(18,19)9-10-2-1-7-20-10/h1-4,7,11H,5-6,8-9H2/t11-/m1/s1. The van der Waals surface area contributed by atoms with E-state index in [0.717, 1.165) is 0 Å². The van der Waals surface area contributed by atoms with E-state index < -0.39 is 15.1 Å². The van der Waals surface area contributed by atoms with E-state index in [-0.39, 0.29) is 24.0 Å². The monoisotopic (exact) mass is 387 g/mol. The molecule has 0 saturated carbocycles. The number of furan rings is 2. The van der Waals surface area contributed by atoms with Crippen molar-refractivity contribution >= 4 is 31.7 Å². The average molecular weight is 388 g/mol. The number of likely N-dealkylation sites (tertiary alicyclic amines) is 1. The molecule has 118 valence electrons. The first-order valence-corrected chi connectivity index (χ1v) is 9.25. The van der Waals surface area contributed by atoms with Gasteiger partial charge in [-0.1, -0.05) is 0 Å². The van der Waals surface area contributed by atoms with Crippen LogP contribution in [0.2, 0.25) is 0 Å². The number of carbonyl (C=O) groups is 1. The molecule has 22 heavy (non-hydrogen) atoms. The number of hydrogen-bond donors (Lipinski definition) is 0. The van der Waals surface area contributed by atoms with E-state index in [1.165, 1.54) is 11.2 Å². The van der Waals surface area contributed by atoms with Crippen LogP contribution < -0.4 is 0 Å². The van der Waals surface area contributed by atoms with Crippen molar-refractivity contribution in [3.05, 3.63) is 46.7 Å². The second-order valence-corrected chi connectivity index (χ2v) is 8.21. The Morgan fingerprint density at radius 2 is 2.18 bits per heavy atom. The molecule has 6 nitrogen and oxygen atoms in total. The third-order valence-corrected chi connectivity index (χ3v) is 6.16. The summed E-state index contributed by atoms with van der Waals surface area (Å²) in [5, 5.41) is -0.569.